The first kappa shape index (κ1) is 22.8. The molecule has 3 aromatic rings. The molecule has 1 saturated heterocycles. The van der Waals surface area contributed by atoms with Crippen molar-refractivity contribution < 1.29 is 17.6 Å². The van der Waals surface area contributed by atoms with Crippen LogP contribution in [-0.2, 0) is 21.2 Å². The second-order valence-corrected chi connectivity index (χ2v) is 10.6. The second-order valence-electron chi connectivity index (χ2n) is 7.40. The number of nitrogens with one attached hydrogen (secondary N) is 1. The molecule has 2 aromatic carbocycles. The molecule has 4 rings (SSSR count). The highest BCUT2D eigenvalue weighted by Crippen LogP contribution is 2.28. The molecular formula is C22H21ClFN3O3S2. The molecule has 1 unspecified atom stereocenters. The van der Waals surface area contributed by atoms with Crippen molar-refractivity contribution in [1.29, 1.82) is 0 Å². The predicted molar refractivity (Wildman–Crippen MR) is 123 cm³/mol. The normalized spacial score (nSPS) is 16.9. The molecule has 10 heteroatoms. The molecule has 0 saturated carbocycles. The highest BCUT2D eigenvalue weighted by atomic mass is 35.5. The number of sulfonamides is 1. The van der Waals surface area contributed by atoms with Gasteiger partial charge >= 0.3 is 0 Å². The Morgan fingerprint density at radius 2 is 2.03 bits per heavy atom. The van der Waals surface area contributed by atoms with Crippen LogP contribution in [0.2, 0.25) is 5.02 Å². The summed E-state index contributed by atoms with van der Waals surface area (Å²) in [5, 5.41) is 5.43. The van der Waals surface area contributed by atoms with E-state index in [2.05, 4.69) is 10.3 Å². The largest absolute Gasteiger partial charge is 0.354 e. The maximum atomic E-state index is 13.4. The molecule has 6 nitrogen and oxygen atoms in total. The number of halogens is 2. The van der Waals surface area contributed by atoms with E-state index in [1.807, 2.05) is 35.7 Å². The lowest BCUT2D eigenvalue weighted by Crippen LogP contribution is -2.46. The molecule has 0 radical (unpaired) electrons. The van der Waals surface area contributed by atoms with Crippen LogP contribution in [0.15, 0.2) is 58.8 Å². The standard InChI is InChI=1S/C22H21ClFN3O3S2/c23-18-13-17(8-9-19(18)24)32(29,30)27-12-4-7-20(27)21(28)25-11-10-16-14-31-22(26-16)15-5-2-1-3-6-15/h1-3,5-6,8-9,13-14,20H,4,7,10-12H2,(H,25,28). The Bertz CT molecular complexity index is 1220. The van der Waals surface area contributed by atoms with Gasteiger partial charge in [-0.05, 0) is 31.0 Å². The Labute approximate surface area is 195 Å². The van der Waals surface area contributed by atoms with Crippen LogP contribution in [0.1, 0.15) is 18.5 Å². The third-order valence-corrected chi connectivity index (χ3v) is 8.39. The lowest BCUT2D eigenvalue weighted by atomic mass is 10.2. The van der Waals surface area contributed by atoms with E-state index in [1.165, 1.54) is 4.31 Å². The predicted octanol–water partition coefficient (Wildman–Crippen LogP) is 4.11. The zero-order valence-electron chi connectivity index (χ0n) is 17.0. The Hall–Kier alpha value is -2.33. The number of aromatic nitrogens is 1. The van der Waals surface area contributed by atoms with Crippen molar-refractivity contribution in [3.8, 4) is 10.6 Å². The summed E-state index contributed by atoms with van der Waals surface area (Å²) in [6, 6.07) is 12.3. The quantitative estimate of drug-likeness (QED) is 0.537. The van der Waals surface area contributed by atoms with Crippen LogP contribution >= 0.6 is 22.9 Å². The average Bonchev–Trinajstić information content (AvgIpc) is 3.46. The molecule has 0 bridgehead atoms. The zero-order chi connectivity index (χ0) is 22.7. The monoisotopic (exact) mass is 493 g/mol. The highest BCUT2D eigenvalue weighted by molar-refractivity contribution is 7.89. The summed E-state index contributed by atoms with van der Waals surface area (Å²) in [7, 11) is -3.97. The van der Waals surface area contributed by atoms with Crippen LogP contribution in [0.25, 0.3) is 10.6 Å². The fraction of sp³-hybridized carbons (Fsp3) is 0.273. The van der Waals surface area contributed by atoms with Gasteiger partial charge in [-0.3, -0.25) is 4.79 Å². The first-order chi connectivity index (χ1) is 15.4. The van der Waals surface area contributed by atoms with E-state index in [9.17, 15) is 17.6 Å². The zero-order valence-corrected chi connectivity index (χ0v) is 19.4. The molecule has 0 spiro atoms. The number of carbonyl (C=O) groups is 1. The number of hydrogen-bond donors (Lipinski definition) is 1. The van der Waals surface area contributed by atoms with Crippen molar-refractivity contribution >= 4 is 38.9 Å². The number of benzene rings is 2. The van der Waals surface area contributed by atoms with Gasteiger partial charge < -0.3 is 5.32 Å². The number of carbonyl (C=O) groups excluding carboxylic acids is 1. The van der Waals surface area contributed by atoms with Gasteiger partial charge in [0.05, 0.1) is 15.6 Å². The Morgan fingerprint density at radius 1 is 1.25 bits per heavy atom. The Morgan fingerprint density at radius 3 is 2.78 bits per heavy atom. The SMILES string of the molecule is O=C(NCCc1csc(-c2ccccc2)n1)C1CCCN1S(=O)(=O)c1ccc(F)c(Cl)c1. The lowest BCUT2D eigenvalue weighted by Gasteiger charge is -2.23. The van der Waals surface area contributed by atoms with Crippen molar-refractivity contribution in [2.45, 2.75) is 30.2 Å². The molecule has 1 N–H and O–H groups in total. The summed E-state index contributed by atoms with van der Waals surface area (Å²) in [5.74, 6) is -1.04. The van der Waals surface area contributed by atoms with Crippen LogP contribution in [0, 0.1) is 5.82 Å². The minimum atomic E-state index is -3.97. The summed E-state index contributed by atoms with van der Waals surface area (Å²) in [6.07, 6.45) is 1.54. The van der Waals surface area contributed by atoms with Gasteiger partial charge in [0.2, 0.25) is 15.9 Å². The average molecular weight is 494 g/mol. The van der Waals surface area contributed by atoms with Crippen LogP contribution in [0.4, 0.5) is 4.39 Å². The van der Waals surface area contributed by atoms with Crippen LogP contribution in [0.3, 0.4) is 0 Å². The fourth-order valence-electron chi connectivity index (χ4n) is 3.63. The van der Waals surface area contributed by atoms with Crippen LogP contribution in [0.5, 0.6) is 0 Å². The topological polar surface area (TPSA) is 79.4 Å². The smallest absolute Gasteiger partial charge is 0.243 e. The van der Waals surface area contributed by atoms with E-state index in [-0.39, 0.29) is 22.4 Å². The van der Waals surface area contributed by atoms with E-state index in [4.69, 9.17) is 11.6 Å². The fourth-order valence-corrected chi connectivity index (χ4v) is 6.42. The van der Waals surface area contributed by atoms with Crippen LogP contribution < -0.4 is 5.32 Å². The lowest BCUT2D eigenvalue weighted by molar-refractivity contribution is -0.124. The van der Waals surface area contributed by atoms with Gasteiger partial charge in [-0.15, -0.1) is 11.3 Å². The second kappa shape index (κ2) is 9.66. The number of rotatable bonds is 7. The molecule has 1 aromatic heterocycles. The number of hydrogen-bond acceptors (Lipinski definition) is 5. The summed E-state index contributed by atoms with van der Waals surface area (Å²) in [6.45, 7) is 0.575. The molecule has 0 aliphatic carbocycles. The molecule has 1 fully saturated rings. The Kier molecular flexibility index (Phi) is 6.90. The van der Waals surface area contributed by atoms with Crippen molar-refractivity contribution in [2.24, 2.45) is 0 Å². The number of nitrogens with zero attached hydrogens (tertiary/aromatic N) is 2. The molecular weight excluding hydrogens is 473 g/mol. The van der Waals surface area contributed by atoms with Gasteiger partial charge in [-0.1, -0.05) is 41.9 Å². The van der Waals surface area contributed by atoms with Gasteiger partial charge in [-0.2, -0.15) is 4.31 Å². The molecule has 2 heterocycles. The summed E-state index contributed by atoms with van der Waals surface area (Å²) in [4.78, 5) is 17.2. The third kappa shape index (κ3) is 4.85. The van der Waals surface area contributed by atoms with Gasteiger partial charge in [-0.25, -0.2) is 17.8 Å². The minimum Gasteiger partial charge on any atom is -0.354 e. The summed E-state index contributed by atoms with van der Waals surface area (Å²) < 4.78 is 40.6. The number of amides is 1. The van der Waals surface area contributed by atoms with Crippen molar-refractivity contribution in [2.75, 3.05) is 13.1 Å². The van der Waals surface area contributed by atoms with Crippen molar-refractivity contribution in [3.05, 3.63) is 70.4 Å². The minimum absolute atomic E-state index is 0.125. The number of thiazole rings is 1. The van der Waals surface area contributed by atoms with E-state index in [0.717, 1.165) is 34.5 Å². The van der Waals surface area contributed by atoms with Crippen molar-refractivity contribution in [1.82, 2.24) is 14.6 Å². The molecule has 1 amide bonds. The molecule has 1 aliphatic heterocycles. The maximum Gasteiger partial charge on any atom is 0.243 e. The maximum absolute atomic E-state index is 13.4. The van der Waals surface area contributed by atoms with E-state index in [1.54, 1.807) is 11.3 Å². The van der Waals surface area contributed by atoms with E-state index >= 15 is 0 Å². The van der Waals surface area contributed by atoms with Gasteiger partial charge in [0.1, 0.15) is 16.9 Å². The van der Waals surface area contributed by atoms with Crippen molar-refractivity contribution in [3.63, 3.8) is 0 Å². The molecule has 1 atom stereocenters. The van der Waals surface area contributed by atoms with Gasteiger partial charge in [0.25, 0.3) is 0 Å². The molecule has 1 aliphatic rings. The summed E-state index contributed by atoms with van der Waals surface area (Å²) in [5.41, 5.74) is 1.91. The van der Waals surface area contributed by atoms with Crippen LogP contribution in [-0.4, -0.2) is 42.7 Å². The highest BCUT2D eigenvalue weighted by Gasteiger charge is 2.39. The third-order valence-electron chi connectivity index (χ3n) is 5.26. The first-order valence-corrected chi connectivity index (χ1v) is 12.8. The van der Waals surface area contributed by atoms with E-state index in [0.29, 0.717) is 25.8 Å². The Balaban J connectivity index is 1.38. The molecule has 168 valence electrons. The van der Waals surface area contributed by atoms with E-state index < -0.39 is 21.9 Å². The first-order valence-electron chi connectivity index (χ1n) is 10.1. The summed E-state index contributed by atoms with van der Waals surface area (Å²) >= 11 is 7.29. The molecule has 32 heavy (non-hydrogen) atoms. The van der Waals surface area contributed by atoms with Gasteiger partial charge in [0, 0.05) is 30.5 Å². The van der Waals surface area contributed by atoms with Gasteiger partial charge in [0.15, 0.2) is 0 Å².